The second-order valence-corrected chi connectivity index (χ2v) is 12.5. The Balaban J connectivity index is 1.13. The van der Waals surface area contributed by atoms with Crippen molar-refractivity contribution in [2.75, 3.05) is 38.1 Å². The van der Waals surface area contributed by atoms with Gasteiger partial charge in [-0.05, 0) is 50.7 Å². The molecule has 1 unspecified atom stereocenters. The summed E-state index contributed by atoms with van der Waals surface area (Å²) in [4.78, 5) is 30.7. The molecule has 1 aliphatic rings. The fraction of sp³-hybridized carbons (Fsp3) is 0.310. The highest BCUT2D eigenvalue weighted by molar-refractivity contribution is 7.98. The fourth-order valence-electron chi connectivity index (χ4n) is 4.87. The molecule has 0 radical (unpaired) electrons. The summed E-state index contributed by atoms with van der Waals surface area (Å²) in [6.07, 6.45) is 1.11. The lowest BCUT2D eigenvalue weighted by molar-refractivity contribution is 0.360. The van der Waals surface area contributed by atoms with Gasteiger partial charge in [-0.25, -0.2) is 4.98 Å². The maximum absolute atomic E-state index is 13.0. The molecule has 11 heteroatoms. The lowest BCUT2D eigenvalue weighted by Crippen LogP contribution is -2.28. The number of aromatic nitrogens is 4. The van der Waals surface area contributed by atoms with Crippen LogP contribution in [0.5, 0.6) is 0 Å². The van der Waals surface area contributed by atoms with E-state index < -0.39 is 0 Å². The molecule has 4 heterocycles. The molecule has 1 fully saturated rings. The van der Waals surface area contributed by atoms with Crippen LogP contribution in [0.15, 0.2) is 63.2 Å². The number of hydrogen-bond acceptors (Lipinski definition) is 9. The van der Waals surface area contributed by atoms with E-state index in [0.717, 1.165) is 59.8 Å². The Hall–Kier alpha value is -3.18. The summed E-state index contributed by atoms with van der Waals surface area (Å²) in [5.41, 5.74) is 3.65. The molecule has 8 nitrogen and oxygen atoms in total. The number of anilines is 1. The van der Waals surface area contributed by atoms with Crippen molar-refractivity contribution in [1.82, 2.24) is 25.0 Å². The Kier molecular flexibility index (Phi) is 7.93. The smallest absolute Gasteiger partial charge is 0.260 e. The predicted octanol–water partition coefficient (Wildman–Crippen LogP) is 6.49. The first-order valence-corrected chi connectivity index (χ1v) is 15.5. The van der Waals surface area contributed by atoms with Crippen LogP contribution in [-0.2, 0) is 5.75 Å². The number of aromatic amines is 1. The van der Waals surface area contributed by atoms with Gasteiger partial charge < -0.3 is 19.3 Å². The van der Waals surface area contributed by atoms with Gasteiger partial charge in [-0.2, -0.15) is 4.98 Å². The Bertz CT molecular complexity index is 1690. The van der Waals surface area contributed by atoms with Crippen molar-refractivity contribution in [2.24, 2.45) is 0 Å². The van der Waals surface area contributed by atoms with Crippen LogP contribution in [0.25, 0.3) is 32.7 Å². The van der Waals surface area contributed by atoms with Gasteiger partial charge in [0.2, 0.25) is 11.7 Å². The van der Waals surface area contributed by atoms with E-state index in [9.17, 15) is 4.79 Å². The van der Waals surface area contributed by atoms with Crippen LogP contribution in [0.2, 0.25) is 5.02 Å². The highest BCUT2D eigenvalue weighted by atomic mass is 35.5. The highest BCUT2D eigenvalue weighted by Gasteiger charge is 2.20. The number of nitrogens with zero attached hydrogens (tertiary/aromatic N) is 5. The highest BCUT2D eigenvalue weighted by Crippen LogP contribution is 2.35. The molecule has 0 aliphatic carbocycles. The van der Waals surface area contributed by atoms with Crippen molar-refractivity contribution in [1.29, 1.82) is 0 Å². The normalized spacial score (nSPS) is 15.4. The van der Waals surface area contributed by atoms with Crippen molar-refractivity contribution >= 4 is 50.6 Å². The molecule has 3 aromatic heterocycles. The quantitative estimate of drug-likeness (QED) is 0.229. The number of hydrogen-bond donors (Lipinski definition) is 1. The molecule has 40 heavy (non-hydrogen) atoms. The molecule has 1 N–H and O–H groups in total. The lowest BCUT2D eigenvalue weighted by Gasteiger charge is -2.24. The molecular weight excluding hydrogens is 564 g/mol. The van der Waals surface area contributed by atoms with Crippen LogP contribution in [0.3, 0.4) is 0 Å². The van der Waals surface area contributed by atoms with Crippen molar-refractivity contribution in [3.05, 3.63) is 81.0 Å². The molecular formula is C29H29ClN6O2S2. The minimum Gasteiger partial charge on any atom is -0.369 e. The number of fused-ring (bicyclic) bond motifs is 1. The first kappa shape index (κ1) is 27.0. The van der Waals surface area contributed by atoms with E-state index in [1.165, 1.54) is 11.3 Å². The molecule has 1 aliphatic heterocycles. The van der Waals surface area contributed by atoms with Gasteiger partial charge >= 0.3 is 0 Å². The number of halogens is 1. The van der Waals surface area contributed by atoms with Crippen LogP contribution in [0.1, 0.15) is 30.3 Å². The van der Waals surface area contributed by atoms with E-state index in [2.05, 4.69) is 32.0 Å². The van der Waals surface area contributed by atoms with E-state index in [4.69, 9.17) is 21.1 Å². The average Bonchev–Trinajstić information content (AvgIpc) is 3.57. The fourth-order valence-corrected chi connectivity index (χ4v) is 6.92. The summed E-state index contributed by atoms with van der Waals surface area (Å²) in [6.45, 7) is 6.05. The van der Waals surface area contributed by atoms with Gasteiger partial charge in [0.15, 0.2) is 0 Å². The van der Waals surface area contributed by atoms with Gasteiger partial charge in [0, 0.05) is 36.1 Å². The molecule has 0 bridgehead atoms. The SMILES string of the molecule is CC(SCc1nc2scc(-c3ccccc3)c2c(=O)[nH]1)c1nc(-c2ccc(N3CCCN(C)CC3)c(Cl)c2)no1. The van der Waals surface area contributed by atoms with Gasteiger partial charge in [-0.1, -0.05) is 47.1 Å². The molecule has 6 rings (SSSR count). The van der Waals surface area contributed by atoms with Gasteiger partial charge in [0.25, 0.3) is 5.56 Å². The molecule has 0 spiro atoms. The first-order chi connectivity index (χ1) is 19.5. The van der Waals surface area contributed by atoms with E-state index in [-0.39, 0.29) is 10.8 Å². The molecule has 0 amide bonds. The standard InChI is InChI=1S/C29H29ClN6O2S2/c1-18(39-17-24-31-27(37)25-21(16-40-29(25)32-24)19-7-4-3-5-8-19)28-33-26(34-38-28)20-9-10-23(22(30)15-20)36-12-6-11-35(2)13-14-36/h3-5,7-10,15-16,18H,6,11-14,17H2,1-2H3,(H,31,32,37). The Labute approximate surface area is 245 Å². The Morgan fingerprint density at radius 2 is 1.95 bits per heavy atom. The van der Waals surface area contributed by atoms with Crippen LogP contribution in [0, 0.1) is 0 Å². The van der Waals surface area contributed by atoms with Gasteiger partial charge in [-0.3, -0.25) is 4.79 Å². The summed E-state index contributed by atoms with van der Waals surface area (Å²) in [7, 11) is 2.15. The van der Waals surface area contributed by atoms with Gasteiger partial charge in [0.05, 0.1) is 27.1 Å². The number of nitrogens with one attached hydrogen (secondary N) is 1. The molecule has 1 atom stereocenters. The topological polar surface area (TPSA) is 91.2 Å². The zero-order valence-electron chi connectivity index (χ0n) is 22.3. The summed E-state index contributed by atoms with van der Waals surface area (Å²) < 4.78 is 5.60. The molecule has 1 saturated heterocycles. The van der Waals surface area contributed by atoms with Crippen LogP contribution in [-0.4, -0.2) is 58.2 Å². The largest absolute Gasteiger partial charge is 0.369 e. The summed E-state index contributed by atoms with van der Waals surface area (Å²) in [6, 6.07) is 15.9. The second-order valence-electron chi connectivity index (χ2n) is 9.93. The minimum absolute atomic E-state index is 0.0886. The summed E-state index contributed by atoms with van der Waals surface area (Å²) >= 11 is 9.76. The maximum Gasteiger partial charge on any atom is 0.260 e. The third-order valence-electron chi connectivity index (χ3n) is 7.10. The number of H-pyrrole nitrogens is 1. The van der Waals surface area contributed by atoms with Crippen LogP contribution in [0.4, 0.5) is 5.69 Å². The molecule has 5 aromatic rings. The predicted molar refractivity (Wildman–Crippen MR) is 164 cm³/mol. The number of thioether (sulfide) groups is 1. The average molecular weight is 593 g/mol. The zero-order chi connectivity index (χ0) is 27.6. The number of benzene rings is 2. The number of likely N-dealkylation sites (N-methyl/N-ethyl adjacent to an activating group) is 1. The van der Waals surface area contributed by atoms with E-state index in [0.29, 0.717) is 33.7 Å². The second kappa shape index (κ2) is 11.7. The zero-order valence-corrected chi connectivity index (χ0v) is 24.7. The Morgan fingerprint density at radius 3 is 2.77 bits per heavy atom. The maximum atomic E-state index is 13.0. The van der Waals surface area contributed by atoms with Gasteiger partial charge in [0.1, 0.15) is 10.7 Å². The number of thiophene rings is 1. The monoisotopic (exact) mass is 592 g/mol. The molecule has 206 valence electrons. The summed E-state index contributed by atoms with van der Waals surface area (Å²) in [5.74, 6) is 2.15. The van der Waals surface area contributed by atoms with E-state index in [1.54, 1.807) is 11.8 Å². The van der Waals surface area contributed by atoms with Crippen LogP contribution < -0.4 is 10.5 Å². The van der Waals surface area contributed by atoms with Crippen molar-refractivity contribution in [3.8, 4) is 22.5 Å². The third kappa shape index (κ3) is 5.67. The summed E-state index contributed by atoms with van der Waals surface area (Å²) in [5, 5.41) is 7.43. The van der Waals surface area contributed by atoms with Crippen molar-refractivity contribution in [2.45, 2.75) is 24.3 Å². The van der Waals surface area contributed by atoms with E-state index >= 15 is 0 Å². The lowest BCUT2D eigenvalue weighted by atomic mass is 10.1. The third-order valence-corrected chi connectivity index (χ3v) is 9.42. The van der Waals surface area contributed by atoms with E-state index in [1.807, 2.05) is 60.8 Å². The van der Waals surface area contributed by atoms with Gasteiger partial charge in [-0.15, -0.1) is 23.1 Å². The minimum atomic E-state index is -0.124. The Morgan fingerprint density at radius 1 is 1.10 bits per heavy atom. The number of rotatable bonds is 7. The molecule has 0 saturated carbocycles. The first-order valence-electron chi connectivity index (χ1n) is 13.2. The molecule has 2 aromatic carbocycles. The van der Waals surface area contributed by atoms with Crippen LogP contribution >= 0.6 is 34.7 Å². The van der Waals surface area contributed by atoms with Crippen molar-refractivity contribution in [3.63, 3.8) is 0 Å². The van der Waals surface area contributed by atoms with Crippen molar-refractivity contribution < 1.29 is 4.52 Å².